The number of fused-ring (bicyclic) bond motifs is 10. The molecule has 10 rings (SSSR count). The van der Waals surface area contributed by atoms with Crippen molar-refractivity contribution in [1.29, 1.82) is 0 Å². The van der Waals surface area contributed by atoms with Crippen LogP contribution in [0.4, 0.5) is 0 Å². The number of ether oxygens (including phenoxy) is 1. The Morgan fingerprint density at radius 1 is 0.605 bits per heavy atom. The van der Waals surface area contributed by atoms with Gasteiger partial charge in [-0.3, -0.25) is 4.57 Å². The van der Waals surface area contributed by atoms with Crippen LogP contribution in [-0.2, 0) is 5.41 Å². The van der Waals surface area contributed by atoms with E-state index in [9.17, 15) is 0 Å². The standard InChI is InChI=1S/C39H25N3O/c1-39(2)28-19-18-22-10-3-4-11-23(22)35(28)27-20-26-24-12-5-7-15-31(24)42(32(26)21-29(27)39)38-40-30-14-9-17-34-36(30)37(41-38)25-13-6-8-16-33(25)43-34/h3-21H,1-2H3. The first kappa shape index (κ1) is 23.1. The van der Waals surface area contributed by atoms with Crippen LogP contribution in [0.3, 0.4) is 0 Å². The van der Waals surface area contributed by atoms with Crippen LogP contribution in [0.5, 0.6) is 11.5 Å². The molecule has 0 bridgehead atoms. The highest BCUT2D eigenvalue weighted by Gasteiger charge is 2.37. The molecule has 43 heavy (non-hydrogen) atoms. The second kappa shape index (κ2) is 7.87. The Morgan fingerprint density at radius 3 is 2.33 bits per heavy atom. The monoisotopic (exact) mass is 551 g/mol. The first-order chi connectivity index (χ1) is 21.1. The number of rotatable bonds is 1. The first-order valence-electron chi connectivity index (χ1n) is 14.8. The highest BCUT2D eigenvalue weighted by molar-refractivity contribution is 6.13. The molecular formula is C39H25N3O. The number of benzene rings is 6. The molecule has 0 saturated carbocycles. The molecule has 4 nitrogen and oxygen atoms in total. The third-order valence-electron chi connectivity index (χ3n) is 9.59. The van der Waals surface area contributed by atoms with Crippen LogP contribution in [-0.4, -0.2) is 14.5 Å². The minimum Gasteiger partial charge on any atom is -0.456 e. The van der Waals surface area contributed by atoms with Crippen LogP contribution in [0.15, 0.2) is 115 Å². The molecule has 2 aliphatic rings. The lowest BCUT2D eigenvalue weighted by Crippen LogP contribution is -2.15. The van der Waals surface area contributed by atoms with E-state index in [1.54, 1.807) is 0 Å². The van der Waals surface area contributed by atoms with Gasteiger partial charge >= 0.3 is 0 Å². The molecule has 0 fully saturated rings. The molecule has 4 heteroatoms. The third kappa shape index (κ3) is 2.90. The van der Waals surface area contributed by atoms with E-state index in [-0.39, 0.29) is 5.41 Å². The summed E-state index contributed by atoms with van der Waals surface area (Å²) in [5.41, 5.74) is 10.2. The Morgan fingerprint density at radius 2 is 1.40 bits per heavy atom. The van der Waals surface area contributed by atoms with Gasteiger partial charge in [0.2, 0.25) is 5.95 Å². The Kier molecular flexibility index (Phi) is 4.23. The minimum absolute atomic E-state index is 0.147. The van der Waals surface area contributed by atoms with Gasteiger partial charge in [0.25, 0.3) is 0 Å². The Labute approximate surface area is 247 Å². The Balaban J connectivity index is 1.32. The van der Waals surface area contributed by atoms with E-state index in [4.69, 9.17) is 14.7 Å². The van der Waals surface area contributed by atoms with Crippen molar-refractivity contribution < 1.29 is 4.74 Å². The van der Waals surface area contributed by atoms with Crippen LogP contribution in [0.2, 0.25) is 0 Å². The maximum Gasteiger partial charge on any atom is 0.235 e. The van der Waals surface area contributed by atoms with Crippen molar-refractivity contribution in [1.82, 2.24) is 14.5 Å². The van der Waals surface area contributed by atoms with Gasteiger partial charge in [-0.15, -0.1) is 0 Å². The topological polar surface area (TPSA) is 39.9 Å². The van der Waals surface area contributed by atoms with Gasteiger partial charge in [-0.1, -0.05) is 86.6 Å². The summed E-state index contributed by atoms with van der Waals surface area (Å²) in [5.74, 6) is 2.28. The molecule has 0 unspecified atom stereocenters. The average molecular weight is 552 g/mol. The molecule has 0 spiro atoms. The zero-order valence-corrected chi connectivity index (χ0v) is 23.7. The lowest BCUT2D eigenvalue weighted by Gasteiger charge is -2.22. The summed E-state index contributed by atoms with van der Waals surface area (Å²) in [5, 5.41) is 5.94. The second-order valence-electron chi connectivity index (χ2n) is 12.2. The predicted octanol–water partition coefficient (Wildman–Crippen LogP) is 9.96. The summed E-state index contributed by atoms with van der Waals surface area (Å²) >= 11 is 0. The summed E-state index contributed by atoms with van der Waals surface area (Å²) in [4.78, 5) is 10.5. The van der Waals surface area contributed by atoms with Gasteiger partial charge in [0.1, 0.15) is 11.5 Å². The summed E-state index contributed by atoms with van der Waals surface area (Å²) in [6, 6.07) is 41.0. The number of hydrogen-bond acceptors (Lipinski definition) is 3. The maximum absolute atomic E-state index is 6.27. The molecule has 0 amide bonds. The SMILES string of the molecule is CC1(C)c2cc3c(cc2-c2c1ccc1ccccc21)c1ccccc1n3-c1nc2c3c(cccc3n1)Oc1ccccc1-2. The summed E-state index contributed by atoms with van der Waals surface area (Å²) in [6.45, 7) is 4.70. The van der Waals surface area contributed by atoms with Gasteiger partial charge in [-0.25, -0.2) is 9.97 Å². The van der Waals surface area contributed by atoms with Crippen LogP contribution in [0.25, 0.3) is 71.8 Å². The zero-order valence-electron chi connectivity index (χ0n) is 23.7. The van der Waals surface area contributed by atoms with E-state index >= 15 is 0 Å². The molecule has 202 valence electrons. The van der Waals surface area contributed by atoms with E-state index in [0.717, 1.165) is 44.7 Å². The van der Waals surface area contributed by atoms with Crippen molar-refractivity contribution in [3.05, 3.63) is 126 Å². The number of nitrogens with zero attached hydrogens (tertiary/aromatic N) is 3. The molecule has 0 N–H and O–H groups in total. The number of para-hydroxylation sites is 2. The zero-order chi connectivity index (χ0) is 28.4. The second-order valence-corrected chi connectivity index (χ2v) is 12.2. The minimum atomic E-state index is -0.147. The van der Waals surface area contributed by atoms with Crippen LogP contribution in [0, 0.1) is 0 Å². The van der Waals surface area contributed by atoms with Gasteiger partial charge < -0.3 is 4.74 Å². The number of hydrogen-bond donors (Lipinski definition) is 0. The molecule has 1 aliphatic heterocycles. The molecule has 3 heterocycles. The largest absolute Gasteiger partial charge is 0.456 e. The molecule has 0 atom stereocenters. The Hall–Kier alpha value is -5.48. The summed E-state index contributed by atoms with van der Waals surface area (Å²) in [6.07, 6.45) is 0. The van der Waals surface area contributed by atoms with Gasteiger partial charge in [-0.2, -0.15) is 0 Å². The molecule has 0 saturated heterocycles. The molecule has 1 aliphatic carbocycles. The van der Waals surface area contributed by atoms with Crippen molar-refractivity contribution in [3.8, 4) is 39.8 Å². The molecular weight excluding hydrogens is 526 g/mol. The first-order valence-corrected chi connectivity index (χ1v) is 14.8. The van der Waals surface area contributed by atoms with E-state index in [1.165, 1.54) is 43.8 Å². The molecule has 6 aromatic carbocycles. The van der Waals surface area contributed by atoms with Crippen molar-refractivity contribution in [2.24, 2.45) is 0 Å². The normalized spacial score (nSPS) is 14.2. The molecule has 8 aromatic rings. The molecule has 2 aromatic heterocycles. The van der Waals surface area contributed by atoms with Gasteiger partial charge in [0, 0.05) is 21.8 Å². The fraction of sp³-hybridized carbons (Fsp3) is 0.0769. The lowest BCUT2D eigenvalue weighted by atomic mass is 9.82. The van der Waals surface area contributed by atoms with E-state index in [1.807, 2.05) is 30.3 Å². The smallest absolute Gasteiger partial charge is 0.235 e. The Bertz CT molecular complexity index is 2520. The van der Waals surface area contributed by atoms with Crippen molar-refractivity contribution in [3.63, 3.8) is 0 Å². The van der Waals surface area contributed by atoms with Crippen LogP contribution < -0.4 is 4.74 Å². The molecule has 0 radical (unpaired) electrons. The third-order valence-corrected chi connectivity index (χ3v) is 9.59. The van der Waals surface area contributed by atoms with Crippen molar-refractivity contribution >= 4 is 43.5 Å². The van der Waals surface area contributed by atoms with Crippen LogP contribution >= 0.6 is 0 Å². The fourth-order valence-electron chi connectivity index (χ4n) is 7.57. The van der Waals surface area contributed by atoms with Gasteiger partial charge in [0.15, 0.2) is 0 Å². The number of aromatic nitrogens is 3. The predicted molar refractivity (Wildman–Crippen MR) is 174 cm³/mol. The van der Waals surface area contributed by atoms with E-state index < -0.39 is 0 Å². The lowest BCUT2D eigenvalue weighted by molar-refractivity contribution is 0.486. The van der Waals surface area contributed by atoms with Gasteiger partial charge in [-0.05, 0) is 75.5 Å². The summed E-state index contributed by atoms with van der Waals surface area (Å²) in [7, 11) is 0. The summed E-state index contributed by atoms with van der Waals surface area (Å²) < 4.78 is 8.52. The quantitative estimate of drug-likeness (QED) is 0.204. The van der Waals surface area contributed by atoms with Crippen molar-refractivity contribution in [2.45, 2.75) is 19.3 Å². The highest BCUT2D eigenvalue weighted by Crippen LogP contribution is 2.53. The van der Waals surface area contributed by atoms with Crippen LogP contribution in [0.1, 0.15) is 25.0 Å². The van der Waals surface area contributed by atoms with Crippen molar-refractivity contribution in [2.75, 3.05) is 0 Å². The van der Waals surface area contributed by atoms with E-state index in [2.05, 4.69) is 103 Å². The van der Waals surface area contributed by atoms with E-state index in [0.29, 0.717) is 5.95 Å². The maximum atomic E-state index is 6.27. The average Bonchev–Trinajstić information content (AvgIpc) is 3.48. The van der Waals surface area contributed by atoms with Gasteiger partial charge in [0.05, 0.1) is 27.6 Å². The fourth-order valence-corrected chi connectivity index (χ4v) is 7.57. The highest BCUT2D eigenvalue weighted by atomic mass is 16.5.